The fourth-order valence-corrected chi connectivity index (χ4v) is 2.56. The molecule has 0 saturated carbocycles. The monoisotopic (exact) mass is 257 g/mol. The first-order chi connectivity index (χ1) is 9.30. The molecule has 1 N–H and O–H groups in total. The van der Waals surface area contributed by atoms with Crippen LogP contribution >= 0.6 is 0 Å². The number of benzene rings is 1. The lowest BCUT2D eigenvalue weighted by molar-refractivity contribution is 0.413. The van der Waals surface area contributed by atoms with E-state index in [2.05, 4.69) is 46.2 Å². The Balaban J connectivity index is 1.84. The van der Waals surface area contributed by atoms with E-state index in [1.165, 1.54) is 5.56 Å². The van der Waals surface area contributed by atoms with Crippen LogP contribution in [0.3, 0.4) is 0 Å². The van der Waals surface area contributed by atoms with Crippen molar-refractivity contribution in [1.82, 2.24) is 9.55 Å². The highest BCUT2D eigenvalue weighted by Crippen LogP contribution is 2.27. The van der Waals surface area contributed by atoms with Gasteiger partial charge in [0.15, 0.2) is 0 Å². The van der Waals surface area contributed by atoms with Crippen molar-refractivity contribution in [1.29, 1.82) is 0 Å². The average molecular weight is 257 g/mol. The van der Waals surface area contributed by atoms with Crippen LogP contribution in [-0.4, -0.2) is 23.2 Å². The Morgan fingerprint density at radius 2 is 2.37 bits per heavy atom. The van der Waals surface area contributed by atoms with Crippen LogP contribution < -0.4 is 10.1 Å². The normalized spacial score (nSPS) is 17.7. The smallest absolute Gasteiger partial charge is 0.203 e. The molecule has 2 aromatic rings. The van der Waals surface area contributed by atoms with Crippen LogP contribution in [-0.2, 0) is 13.0 Å². The van der Waals surface area contributed by atoms with Gasteiger partial charge in [-0.05, 0) is 24.1 Å². The Kier molecular flexibility index (Phi) is 3.15. The van der Waals surface area contributed by atoms with Gasteiger partial charge in [0, 0.05) is 25.2 Å². The van der Waals surface area contributed by atoms with E-state index in [4.69, 9.17) is 4.74 Å². The van der Waals surface area contributed by atoms with Crippen LogP contribution in [0.2, 0.25) is 0 Å². The molecule has 0 saturated heterocycles. The van der Waals surface area contributed by atoms with Crippen LogP contribution in [0.25, 0.3) is 0 Å². The van der Waals surface area contributed by atoms with Gasteiger partial charge in [-0.3, -0.25) is 0 Å². The first-order valence-electron chi connectivity index (χ1n) is 6.74. The highest BCUT2D eigenvalue weighted by atomic mass is 16.5. The highest BCUT2D eigenvalue weighted by Gasteiger charge is 2.21. The summed E-state index contributed by atoms with van der Waals surface area (Å²) in [6, 6.07) is 8.32. The van der Waals surface area contributed by atoms with Crippen molar-refractivity contribution >= 4 is 5.95 Å². The van der Waals surface area contributed by atoms with Gasteiger partial charge < -0.3 is 14.6 Å². The third kappa shape index (κ3) is 2.30. The highest BCUT2D eigenvalue weighted by molar-refractivity contribution is 5.37. The largest absolute Gasteiger partial charge is 0.497 e. The molecular weight excluding hydrogens is 238 g/mol. The van der Waals surface area contributed by atoms with Crippen LogP contribution in [0, 0.1) is 0 Å². The number of hydrogen-bond donors (Lipinski definition) is 1. The lowest BCUT2D eigenvalue weighted by atomic mass is 9.97. The topological polar surface area (TPSA) is 39.1 Å². The molecule has 0 bridgehead atoms. The van der Waals surface area contributed by atoms with Crippen molar-refractivity contribution in [2.75, 3.05) is 19.0 Å². The molecule has 1 aromatic heterocycles. The van der Waals surface area contributed by atoms with E-state index >= 15 is 0 Å². The maximum atomic E-state index is 5.30. The number of nitrogens with one attached hydrogen (secondary N) is 1. The minimum absolute atomic E-state index is 0.460. The third-order valence-corrected chi connectivity index (χ3v) is 3.68. The SMILES string of the molecule is CCc1cn2c(n1)NCC(c1cccc(OC)c1)C2. The van der Waals surface area contributed by atoms with Crippen LogP contribution in [0.15, 0.2) is 30.5 Å². The van der Waals surface area contributed by atoms with E-state index in [9.17, 15) is 0 Å². The summed E-state index contributed by atoms with van der Waals surface area (Å²) in [7, 11) is 1.71. The first kappa shape index (κ1) is 12.1. The lowest BCUT2D eigenvalue weighted by Gasteiger charge is -2.25. The van der Waals surface area contributed by atoms with Crippen LogP contribution in [0.4, 0.5) is 5.95 Å². The molecule has 3 rings (SSSR count). The summed E-state index contributed by atoms with van der Waals surface area (Å²) < 4.78 is 7.51. The molecule has 100 valence electrons. The number of anilines is 1. The number of ether oxygens (including phenoxy) is 1. The molecule has 2 heterocycles. The molecule has 1 aliphatic rings. The maximum absolute atomic E-state index is 5.30. The number of hydrogen-bond acceptors (Lipinski definition) is 3. The van der Waals surface area contributed by atoms with Gasteiger partial charge in [0.05, 0.1) is 12.8 Å². The van der Waals surface area contributed by atoms with E-state index in [-0.39, 0.29) is 0 Å². The molecule has 0 amide bonds. The summed E-state index contributed by atoms with van der Waals surface area (Å²) in [5.74, 6) is 2.38. The number of aromatic nitrogens is 2. The average Bonchev–Trinajstić information content (AvgIpc) is 2.89. The van der Waals surface area contributed by atoms with Crippen molar-refractivity contribution in [2.24, 2.45) is 0 Å². The van der Waals surface area contributed by atoms with Crippen molar-refractivity contribution in [2.45, 2.75) is 25.8 Å². The van der Waals surface area contributed by atoms with Crippen molar-refractivity contribution in [3.05, 3.63) is 41.7 Å². The van der Waals surface area contributed by atoms with Crippen LogP contribution in [0.1, 0.15) is 24.1 Å². The predicted octanol–water partition coefficient (Wildman–Crippen LogP) is 2.66. The van der Waals surface area contributed by atoms with Gasteiger partial charge in [-0.25, -0.2) is 4.98 Å². The third-order valence-electron chi connectivity index (χ3n) is 3.68. The number of fused-ring (bicyclic) bond motifs is 1. The second-order valence-corrected chi connectivity index (χ2v) is 4.92. The van der Waals surface area contributed by atoms with Gasteiger partial charge in [-0.15, -0.1) is 0 Å². The van der Waals surface area contributed by atoms with E-state index in [0.717, 1.165) is 36.9 Å². The number of rotatable bonds is 3. The molecule has 4 nitrogen and oxygen atoms in total. The summed E-state index contributed by atoms with van der Waals surface area (Å²) in [5.41, 5.74) is 2.46. The quantitative estimate of drug-likeness (QED) is 0.918. The Bertz CT molecular complexity index is 577. The van der Waals surface area contributed by atoms with Gasteiger partial charge in [0.1, 0.15) is 5.75 Å². The van der Waals surface area contributed by atoms with E-state index in [1.54, 1.807) is 7.11 Å². The maximum Gasteiger partial charge on any atom is 0.203 e. The standard InChI is InChI=1S/C15H19N3O/c1-3-13-10-18-9-12(8-16-15(18)17-13)11-5-4-6-14(7-11)19-2/h4-7,10,12H,3,8-9H2,1-2H3,(H,16,17). The van der Waals surface area contributed by atoms with Gasteiger partial charge >= 0.3 is 0 Å². The Labute approximate surface area is 113 Å². The summed E-state index contributed by atoms with van der Waals surface area (Å²) in [6.07, 6.45) is 3.13. The van der Waals surface area contributed by atoms with Crippen molar-refractivity contribution in [3.63, 3.8) is 0 Å². The first-order valence-corrected chi connectivity index (χ1v) is 6.74. The molecule has 1 aliphatic heterocycles. The van der Waals surface area contributed by atoms with E-state index < -0.39 is 0 Å². The molecule has 0 spiro atoms. The zero-order chi connectivity index (χ0) is 13.2. The van der Waals surface area contributed by atoms with Gasteiger partial charge in [0.25, 0.3) is 0 Å². The molecule has 1 atom stereocenters. The van der Waals surface area contributed by atoms with Crippen molar-refractivity contribution < 1.29 is 4.74 Å². The zero-order valence-electron chi connectivity index (χ0n) is 11.4. The number of nitrogens with zero attached hydrogens (tertiary/aromatic N) is 2. The molecule has 1 aromatic carbocycles. The number of imidazole rings is 1. The van der Waals surface area contributed by atoms with Crippen LogP contribution in [0.5, 0.6) is 5.75 Å². The summed E-state index contributed by atoms with van der Waals surface area (Å²) >= 11 is 0. The minimum Gasteiger partial charge on any atom is -0.497 e. The fourth-order valence-electron chi connectivity index (χ4n) is 2.56. The molecule has 0 aliphatic carbocycles. The molecule has 19 heavy (non-hydrogen) atoms. The fraction of sp³-hybridized carbons (Fsp3) is 0.400. The zero-order valence-corrected chi connectivity index (χ0v) is 11.4. The molecular formula is C15H19N3O. The summed E-state index contributed by atoms with van der Waals surface area (Å²) in [4.78, 5) is 4.56. The predicted molar refractivity (Wildman–Crippen MR) is 75.8 cm³/mol. The lowest BCUT2D eigenvalue weighted by Crippen LogP contribution is -2.25. The molecule has 1 unspecified atom stereocenters. The Morgan fingerprint density at radius 1 is 1.47 bits per heavy atom. The van der Waals surface area contributed by atoms with Gasteiger partial charge in [-0.2, -0.15) is 0 Å². The van der Waals surface area contributed by atoms with E-state index in [0.29, 0.717) is 5.92 Å². The molecule has 4 heteroatoms. The summed E-state index contributed by atoms with van der Waals surface area (Å²) in [5, 5.41) is 3.41. The molecule has 0 fully saturated rings. The second-order valence-electron chi connectivity index (χ2n) is 4.92. The Morgan fingerprint density at radius 3 is 3.16 bits per heavy atom. The number of methoxy groups -OCH3 is 1. The van der Waals surface area contributed by atoms with Gasteiger partial charge in [0.2, 0.25) is 5.95 Å². The molecule has 0 radical (unpaired) electrons. The second kappa shape index (κ2) is 4.96. The van der Waals surface area contributed by atoms with Gasteiger partial charge in [-0.1, -0.05) is 19.1 Å². The minimum atomic E-state index is 0.460. The summed E-state index contributed by atoms with van der Waals surface area (Å²) in [6.45, 7) is 4.03. The number of aryl methyl sites for hydroxylation is 1. The Hall–Kier alpha value is -1.97. The van der Waals surface area contributed by atoms with E-state index in [1.807, 2.05) is 6.07 Å². The van der Waals surface area contributed by atoms with Crippen molar-refractivity contribution in [3.8, 4) is 5.75 Å².